The maximum atomic E-state index is 12.0. The molecule has 1 saturated heterocycles. The predicted molar refractivity (Wildman–Crippen MR) is 58.0 cm³/mol. The van der Waals surface area contributed by atoms with Gasteiger partial charge in [0.25, 0.3) is 0 Å². The van der Waals surface area contributed by atoms with Crippen LogP contribution in [0.2, 0.25) is 0 Å². The molecule has 5 heteroatoms. The van der Waals surface area contributed by atoms with Crippen LogP contribution in [0.25, 0.3) is 0 Å². The average molecular weight is 245 g/mol. The summed E-state index contributed by atoms with van der Waals surface area (Å²) in [6.45, 7) is 1.91. The summed E-state index contributed by atoms with van der Waals surface area (Å²) >= 11 is 0. The lowest BCUT2D eigenvalue weighted by atomic mass is 9.92. The van der Waals surface area contributed by atoms with E-state index in [2.05, 4.69) is 10.1 Å². The molecule has 0 amide bonds. The molecule has 0 radical (unpaired) electrons. The predicted octanol–water partition coefficient (Wildman–Crippen LogP) is 3.05. The van der Waals surface area contributed by atoms with E-state index >= 15 is 0 Å². The molecule has 0 spiro atoms. The Hall–Kier alpha value is -1.23. The van der Waals surface area contributed by atoms with Crippen molar-refractivity contribution >= 4 is 0 Å². The van der Waals surface area contributed by atoms with E-state index in [1.807, 2.05) is 0 Å². The minimum Gasteiger partial charge on any atom is -0.406 e. The Balaban J connectivity index is 2.02. The van der Waals surface area contributed by atoms with E-state index in [1.165, 1.54) is 12.1 Å². The van der Waals surface area contributed by atoms with Crippen LogP contribution >= 0.6 is 0 Å². The maximum absolute atomic E-state index is 12.0. The SMILES string of the molecule is FC(F)(F)Oc1ccc([C@@H]2CCCNC2)cc1. The van der Waals surface area contributed by atoms with E-state index in [4.69, 9.17) is 0 Å². The number of hydrogen-bond donors (Lipinski definition) is 1. The molecule has 0 saturated carbocycles. The smallest absolute Gasteiger partial charge is 0.406 e. The zero-order valence-corrected chi connectivity index (χ0v) is 9.26. The molecule has 1 N–H and O–H groups in total. The van der Waals surface area contributed by atoms with Crippen LogP contribution in [0, 0.1) is 0 Å². The minimum atomic E-state index is -4.62. The second-order valence-corrected chi connectivity index (χ2v) is 4.16. The van der Waals surface area contributed by atoms with Gasteiger partial charge in [0.05, 0.1) is 0 Å². The number of benzene rings is 1. The molecule has 0 unspecified atom stereocenters. The van der Waals surface area contributed by atoms with Crippen LogP contribution in [0.5, 0.6) is 5.75 Å². The van der Waals surface area contributed by atoms with Crippen molar-refractivity contribution in [3.63, 3.8) is 0 Å². The molecule has 1 aromatic rings. The third-order valence-electron chi connectivity index (χ3n) is 2.88. The Morgan fingerprint density at radius 1 is 1.18 bits per heavy atom. The highest BCUT2D eigenvalue weighted by Crippen LogP contribution is 2.27. The molecular formula is C12H14F3NO. The first-order chi connectivity index (χ1) is 8.04. The largest absolute Gasteiger partial charge is 0.573 e. The van der Waals surface area contributed by atoms with E-state index in [9.17, 15) is 13.2 Å². The quantitative estimate of drug-likeness (QED) is 0.864. The van der Waals surface area contributed by atoms with Gasteiger partial charge in [-0.2, -0.15) is 0 Å². The second-order valence-electron chi connectivity index (χ2n) is 4.16. The molecule has 1 aromatic carbocycles. The molecule has 2 nitrogen and oxygen atoms in total. The second kappa shape index (κ2) is 4.96. The molecule has 94 valence electrons. The van der Waals surface area contributed by atoms with Crippen LogP contribution in [0.15, 0.2) is 24.3 Å². The normalized spacial score (nSPS) is 21.2. The van der Waals surface area contributed by atoms with Crippen LogP contribution in [-0.4, -0.2) is 19.5 Å². The fourth-order valence-electron chi connectivity index (χ4n) is 2.08. The van der Waals surface area contributed by atoms with Gasteiger partial charge in [-0.25, -0.2) is 0 Å². The number of piperidine rings is 1. The average Bonchev–Trinajstić information content (AvgIpc) is 2.29. The first kappa shape index (κ1) is 12.2. The number of alkyl halides is 3. The molecule has 1 fully saturated rings. The summed E-state index contributed by atoms with van der Waals surface area (Å²) in [5.41, 5.74) is 1.06. The van der Waals surface area contributed by atoms with Crippen molar-refractivity contribution < 1.29 is 17.9 Å². The van der Waals surface area contributed by atoms with Gasteiger partial charge in [-0.15, -0.1) is 13.2 Å². The van der Waals surface area contributed by atoms with Crippen LogP contribution in [0.1, 0.15) is 24.3 Å². The maximum Gasteiger partial charge on any atom is 0.573 e. The molecule has 0 aromatic heterocycles. The highest BCUT2D eigenvalue weighted by Gasteiger charge is 2.31. The molecule has 0 aliphatic carbocycles. The molecule has 17 heavy (non-hydrogen) atoms. The summed E-state index contributed by atoms with van der Waals surface area (Å²) in [5, 5.41) is 3.27. The van der Waals surface area contributed by atoms with Crippen molar-refractivity contribution in [3.05, 3.63) is 29.8 Å². The zero-order valence-electron chi connectivity index (χ0n) is 9.26. The summed E-state index contributed by atoms with van der Waals surface area (Å²) in [6.07, 6.45) is -2.44. The lowest BCUT2D eigenvalue weighted by Crippen LogP contribution is -2.28. The van der Waals surface area contributed by atoms with Gasteiger partial charge in [0.1, 0.15) is 5.75 Å². The summed E-state index contributed by atoms with van der Waals surface area (Å²) in [6, 6.07) is 6.16. The Kier molecular flexibility index (Phi) is 3.57. The van der Waals surface area contributed by atoms with Crippen LogP contribution in [-0.2, 0) is 0 Å². The van der Waals surface area contributed by atoms with E-state index in [1.54, 1.807) is 12.1 Å². The van der Waals surface area contributed by atoms with Gasteiger partial charge < -0.3 is 10.1 Å². The molecule has 2 rings (SSSR count). The summed E-state index contributed by atoms with van der Waals surface area (Å²) in [7, 11) is 0. The topological polar surface area (TPSA) is 21.3 Å². The molecule has 1 heterocycles. The Bertz CT molecular complexity index is 355. The van der Waals surface area contributed by atoms with Crippen molar-refractivity contribution in [2.45, 2.75) is 25.1 Å². The zero-order chi connectivity index (χ0) is 12.3. The third kappa shape index (κ3) is 3.63. The lowest BCUT2D eigenvalue weighted by molar-refractivity contribution is -0.274. The van der Waals surface area contributed by atoms with Crippen LogP contribution in [0.3, 0.4) is 0 Å². The van der Waals surface area contributed by atoms with E-state index in [0.29, 0.717) is 5.92 Å². The molecule has 1 aliphatic rings. The summed E-state index contributed by atoms with van der Waals surface area (Å²) < 4.78 is 39.7. The fourth-order valence-corrected chi connectivity index (χ4v) is 2.08. The van der Waals surface area contributed by atoms with Crippen molar-refractivity contribution in [1.29, 1.82) is 0 Å². The molecule has 0 bridgehead atoms. The number of nitrogens with one attached hydrogen (secondary N) is 1. The van der Waals surface area contributed by atoms with Crippen LogP contribution in [0.4, 0.5) is 13.2 Å². The van der Waals surface area contributed by atoms with Crippen molar-refractivity contribution in [3.8, 4) is 5.75 Å². The Labute approximate surface area is 97.8 Å². The van der Waals surface area contributed by atoms with Crippen molar-refractivity contribution in [2.75, 3.05) is 13.1 Å². The third-order valence-corrected chi connectivity index (χ3v) is 2.88. The first-order valence-electron chi connectivity index (χ1n) is 5.61. The Morgan fingerprint density at radius 3 is 2.41 bits per heavy atom. The van der Waals surface area contributed by atoms with Gasteiger partial charge in [0, 0.05) is 6.54 Å². The number of hydrogen-bond acceptors (Lipinski definition) is 2. The van der Waals surface area contributed by atoms with E-state index in [0.717, 1.165) is 31.5 Å². The van der Waals surface area contributed by atoms with Gasteiger partial charge in [0.15, 0.2) is 0 Å². The Morgan fingerprint density at radius 2 is 1.88 bits per heavy atom. The number of halogens is 3. The van der Waals surface area contributed by atoms with Crippen molar-refractivity contribution in [2.24, 2.45) is 0 Å². The first-order valence-corrected chi connectivity index (χ1v) is 5.61. The molecule has 1 aliphatic heterocycles. The van der Waals surface area contributed by atoms with Gasteiger partial charge in [-0.05, 0) is 43.0 Å². The minimum absolute atomic E-state index is 0.162. The van der Waals surface area contributed by atoms with Crippen LogP contribution < -0.4 is 10.1 Å². The molecular weight excluding hydrogens is 231 g/mol. The van der Waals surface area contributed by atoms with E-state index in [-0.39, 0.29) is 5.75 Å². The summed E-state index contributed by atoms with van der Waals surface area (Å²) in [4.78, 5) is 0. The van der Waals surface area contributed by atoms with Gasteiger partial charge in [-0.1, -0.05) is 12.1 Å². The number of ether oxygens (including phenoxy) is 1. The van der Waals surface area contributed by atoms with E-state index < -0.39 is 6.36 Å². The monoisotopic (exact) mass is 245 g/mol. The highest BCUT2D eigenvalue weighted by molar-refractivity contribution is 5.30. The van der Waals surface area contributed by atoms with Gasteiger partial charge in [-0.3, -0.25) is 0 Å². The molecule has 1 atom stereocenters. The van der Waals surface area contributed by atoms with Gasteiger partial charge in [0.2, 0.25) is 0 Å². The standard InChI is InChI=1S/C12H14F3NO/c13-12(14,15)17-11-5-3-9(4-6-11)10-2-1-7-16-8-10/h3-6,10,16H,1-2,7-8H2/t10-/m1/s1. The van der Waals surface area contributed by atoms with Gasteiger partial charge >= 0.3 is 6.36 Å². The summed E-state index contributed by atoms with van der Waals surface area (Å²) in [5.74, 6) is 0.230. The fraction of sp³-hybridized carbons (Fsp3) is 0.500. The lowest BCUT2D eigenvalue weighted by Gasteiger charge is -2.23. The highest BCUT2D eigenvalue weighted by atomic mass is 19.4. The number of rotatable bonds is 2. The van der Waals surface area contributed by atoms with Crippen molar-refractivity contribution in [1.82, 2.24) is 5.32 Å².